The molecule has 0 radical (unpaired) electrons. The first-order valence-electron chi connectivity index (χ1n) is 6.79. The van der Waals surface area contributed by atoms with Gasteiger partial charge in [0.2, 0.25) is 0 Å². The van der Waals surface area contributed by atoms with E-state index in [9.17, 15) is 0 Å². The van der Waals surface area contributed by atoms with Crippen LogP contribution < -0.4 is 5.73 Å². The molecule has 0 saturated carbocycles. The smallest absolute Gasteiger partial charge is 0.0948 e. The molecule has 2 N–H and O–H groups in total. The van der Waals surface area contributed by atoms with Gasteiger partial charge in [-0.15, -0.1) is 0 Å². The first kappa shape index (κ1) is 13.8. The van der Waals surface area contributed by atoms with Crippen molar-refractivity contribution in [3.63, 3.8) is 0 Å². The fourth-order valence-corrected chi connectivity index (χ4v) is 2.41. The Kier molecular flexibility index (Phi) is 4.37. The molecule has 0 fully saturated rings. The molecule has 104 valence electrons. The van der Waals surface area contributed by atoms with E-state index in [1.54, 1.807) is 0 Å². The average Bonchev–Trinajstić information content (AvgIpc) is 2.96. The molecule has 2 heterocycles. The van der Waals surface area contributed by atoms with E-state index in [2.05, 4.69) is 34.7 Å². The Morgan fingerprint density at radius 3 is 2.68 bits per heavy atom. The van der Waals surface area contributed by atoms with Crippen LogP contribution in [0.3, 0.4) is 0 Å². The Morgan fingerprint density at radius 2 is 2.11 bits per heavy atom. The first-order chi connectivity index (χ1) is 9.11. The van der Waals surface area contributed by atoms with Crippen molar-refractivity contribution in [2.45, 2.75) is 32.7 Å². The largest absolute Gasteiger partial charge is 0.334 e. The zero-order valence-electron chi connectivity index (χ0n) is 12.0. The van der Waals surface area contributed by atoms with Crippen LogP contribution in [0.15, 0.2) is 24.9 Å². The molecule has 19 heavy (non-hydrogen) atoms. The third-order valence-electron chi connectivity index (χ3n) is 3.58. The lowest BCUT2D eigenvalue weighted by Crippen LogP contribution is -2.21. The number of rotatable bonds is 6. The Balaban J connectivity index is 2.07. The summed E-state index contributed by atoms with van der Waals surface area (Å²) in [4.78, 5) is 4.28. The van der Waals surface area contributed by atoms with Gasteiger partial charge < -0.3 is 10.3 Å². The molecule has 0 aliphatic rings. The van der Waals surface area contributed by atoms with Crippen LogP contribution in [-0.4, -0.2) is 25.9 Å². The zero-order chi connectivity index (χ0) is 13.8. The number of aryl methyl sites for hydroxylation is 3. The van der Waals surface area contributed by atoms with E-state index in [-0.39, 0.29) is 0 Å². The summed E-state index contributed by atoms with van der Waals surface area (Å²) in [6.07, 6.45) is 8.78. The molecule has 0 amide bonds. The molecular weight excluding hydrogens is 238 g/mol. The molecule has 5 heteroatoms. The van der Waals surface area contributed by atoms with Gasteiger partial charge in [0.15, 0.2) is 0 Å². The molecule has 1 unspecified atom stereocenters. The van der Waals surface area contributed by atoms with Crippen LogP contribution in [0.5, 0.6) is 0 Å². The maximum Gasteiger partial charge on any atom is 0.0948 e. The topological polar surface area (TPSA) is 61.7 Å². The van der Waals surface area contributed by atoms with E-state index in [0.717, 1.165) is 13.0 Å². The van der Waals surface area contributed by atoms with Crippen molar-refractivity contribution in [1.29, 1.82) is 0 Å². The molecule has 0 aliphatic heterocycles. The second kappa shape index (κ2) is 6.02. The quantitative estimate of drug-likeness (QED) is 0.858. The molecule has 0 saturated heterocycles. The van der Waals surface area contributed by atoms with Crippen LogP contribution >= 0.6 is 0 Å². The fourth-order valence-electron chi connectivity index (χ4n) is 2.41. The van der Waals surface area contributed by atoms with Crippen LogP contribution in [-0.2, 0) is 20.0 Å². The van der Waals surface area contributed by atoms with Gasteiger partial charge in [-0.1, -0.05) is 13.8 Å². The second-order valence-electron chi connectivity index (χ2n) is 5.37. The Morgan fingerprint density at radius 1 is 1.32 bits per heavy atom. The average molecular weight is 261 g/mol. The highest BCUT2D eigenvalue weighted by Crippen LogP contribution is 2.23. The zero-order valence-corrected chi connectivity index (χ0v) is 12.0. The number of hydrogen-bond donors (Lipinski definition) is 1. The van der Waals surface area contributed by atoms with Gasteiger partial charge in [0, 0.05) is 44.1 Å². The van der Waals surface area contributed by atoms with Gasteiger partial charge >= 0.3 is 0 Å². The highest BCUT2D eigenvalue weighted by atomic mass is 15.2. The third kappa shape index (κ3) is 3.23. The minimum Gasteiger partial charge on any atom is -0.334 e. The van der Waals surface area contributed by atoms with Crippen LogP contribution in [0, 0.1) is 5.92 Å². The van der Waals surface area contributed by atoms with Crippen LogP contribution in [0.2, 0.25) is 0 Å². The maximum absolute atomic E-state index is 5.89. The van der Waals surface area contributed by atoms with E-state index in [4.69, 9.17) is 5.73 Å². The second-order valence-corrected chi connectivity index (χ2v) is 5.37. The Hall–Kier alpha value is -1.62. The summed E-state index contributed by atoms with van der Waals surface area (Å²) in [6.45, 7) is 5.99. The number of imidazole rings is 1. The summed E-state index contributed by atoms with van der Waals surface area (Å²) in [7, 11) is 1.94. The molecule has 1 atom stereocenters. The summed E-state index contributed by atoms with van der Waals surface area (Å²) in [5.41, 5.74) is 8.37. The minimum atomic E-state index is 0.372. The first-order valence-corrected chi connectivity index (χ1v) is 6.79. The molecule has 2 rings (SSSR count). The van der Waals surface area contributed by atoms with Gasteiger partial charge in [0.05, 0.1) is 12.5 Å². The molecule has 0 spiro atoms. The lowest BCUT2D eigenvalue weighted by Gasteiger charge is -2.20. The molecule has 0 bridgehead atoms. The molecule has 5 nitrogen and oxygen atoms in total. The lowest BCUT2D eigenvalue weighted by atomic mass is 9.93. The fraction of sp³-hybridized carbons (Fsp3) is 0.571. The monoisotopic (exact) mass is 261 g/mol. The number of nitrogens with zero attached hydrogens (tertiary/aromatic N) is 4. The number of nitrogens with two attached hydrogens (primary N) is 1. The number of aromatic nitrogens is 4. The molecular formula is C14H23N5. The van der Waals surface area contributed by atoms with Crippen LogP contribution in [0.4, 0.5) is 0 Å². The molecule has 2 aromatic heterocycles. The molecule has 0 aliphatic carbocycles. The van der Waals surface area contributed by atoms with Gasteiger partial charge in [0.1, 0.15) is 0 Å². The summed E-state index contributed by atoms with van der Waals surface area (Å²) in [5, 5.41) is 4.19. The van der Waals surface area contributed by atoms with Crippen molar-refractivity contribution in [1.82, 2.24) is 19.3 Å². The van der Waals surface area contributed by atoms with E-state index in [0.29, 0.717) is 18.4 Å². The number of hydrogen-bond acceptors (Lipinski definition) is 3. The van der Waals surface area contributed by atoms with Gasteiger partial charge in [-0.05, 0) is 17.9 Å². The highest BCUT2D eigenvalue weighted by Gasteiger charge is 2.18. The van der Waals surface area contributed by atoms with Crippen molar-refractivity contribution in [2.24, 2.45) is 18.7 Å². The van der Waals surface area contributed by atoms with Gasteiger partial charge in [-0.2, -0.15) is 5.10 Å². The van der Waals surface area contributed by atoms with E-state index >= 15 is 0 Å². The van der Waals surface area contributed by atoms with E-state index in [1.807, 2.05) is 30.5 Å². The van der Waals surface area contributed by atoms with Gasteiger partial charge in [-0.25, -0.2) is 4.98 Å². The minimum absolute atomic E-state index is 0.372. The summed E-state index contributed by atoms with van der Waals surface area (Å²) in [5.74, 6) is 0.898. The Labute approximate surface area is 114 Å². The molecule has 0 aromatic carbocycles. The van der Waals surface area contributed by atoms with Crippen LogP contribution in [0.25, 0.3) is 0 Å². The van der Waals surface area contributed by atoms with Crippen molar-refractivity contribution in [3.8, 4) is 0 Å². The maximum atomic E-state index is 5.89. The highest BCUT2D eigenvalue weighted by molar-refractivity contribution is 5.10. The summed E-state index contributed by atoms with van der Waals surface area (Å²) in [6, 6.07) is 0. The van der Waals surface area contributed by atoms with Crippen molar-refractivity contribution in [3.05, 3.63) is 36.2 Å². The summed E-state index contributed by atoms with van der Waals surface area (Å²) < 4.78 is 4.05. The standard InChI is InChI=1S/C14H23N5/c1-11(2)13(6-15)14-8-16-10-19(14)5-4-12-7-17-18(3)9-12/h7-11,13H,4-6,15H2,1-3H3. The van der Waals surface area contributed by atoms with Gasteiger partial charge in [-0.3, -0.25) is 4.68 Å². The van der Waals surface area contributed by atoms with Crippen molar-refractivity contribution >= 4 is 0 Å². The van der Waals surface area contributed by atoms with Gasteiger partial charge in [0.25, 0.3) is 0 Å². The van der Waals surface area contributed by atoms with E-state index in [1.165, 1.54) is 11.3 Å². The normalized spacial score (nSPS) is 13.1. The molecule has 2 aromatic rings. The predicted molar refractivity (Wildman–Crippen MR) is 75.8 cm³/mol. The third-order valence-corrected chi connectivity index (χ3v) is 3.58. The van der Waals surface area contributed by atoms with Crippen molar-refractivity contribution < 1.29 is 0 Å². The Bertz CT molecular complexity index is 511. The summed E-state index contributed by atoms with van der Waals surface area (Å²) >= 11 is 0. The predicted octanol–water partition coefficient (Wildman–Crippen LogP) is 1.56. The SMILES string of the molecule is CC(C)C(CN)c1cncn1CCc1cnn(C)c1. The van der Waals surface area contributed by atoms with Crippen molar-refractivity contribution in [2.75, 3.05) is 6.54 Å². The van der Waals surface area contributed by atoms with E-state index < -0.39 is 0 Å². The van der Waals surface area contributed by atoms with Crippen LogP contribution in [0.1, 0.15) is 31.0 Å². The lowest BCUT2D eigenvalue weighted by molar-refractivity contribution is 0.471.